The minimum absolute atomic E-state index is 0.0355. The van der Waals surface area contributed by atoms with Crippen LogP contribution in [0.3, 0.4) is 0 Å². The fourth-order valence-electron chi connectivity index (χ4n) is 3.26. The largest absolute Gasteiger partial charge is 0.459 e. The average Bonchev–Trinajstić information content (AvgIpc) is 3.22. The van der Waals surface area contributed by atoms with E-state index in [4.69, 9.17) is 21.4 Å². The van der Waals surface area contributed by atoms with Crippen LogP contribution in [0.25, 0.3) is 27.9 Å². The molecule has 0 N–H and O–H groups in total. The second-order valence-electron chi connectivity index (χ2n) is 7.82. The van der Waals surface area contributed by atoms with Gasteiger partial charge in [-0.2, -0.15) is 15.1 Å². The van der Waals surface area contributed by atoms with Crippen LogP contribution in [-0.2, 0) is 22.5 Å². The number of ether oxygens (including phenoxy) is 1. The van der Waals surface area contributed by atoms with E-state index in [-0.39, 0.29) is 11.8 Å². The first kappa shape index (κ1) is 20.0. The molecule has 0 amide bonds. The minimum Gasteiger partial charge on any atom is -0.459 e. The Morgan fingerprint density at radius 3 is 2.77 bits per heavy atom. The number of rotatable bonds is 5. The third-order valence-electron chi connectivity index (χ3n) is 4.34. The highest BCUT2D eigenvalue weighted by Crippen LogP contribution is 2.26. The molecular weight excluding hydrogens is 404 g/mol. The third kappa shape index (κ3) is 3.78. The van der Waals surface area contributed by atoms with Gasteiger partial charge >= 0.3 is 5.97 Å². The van der Waals surface area contributed by atoms with Crippen molar-refractivity contribution >= 4 is 39.6 Å². The Hall–Kier alpha value is -3.26. The van der Waals surface area contributed by atoms with Crippen LogP contribution in [0, 0.1) is 0 Å². The van der Waals surface area contributed by atoms with Crippen LogP contribution in [0.4, 0.5) is 0 Å². The molecule has 1 aromatic carbocycles. The van der Waals surface area contributed by atoms with Gasteiger partial charge in [0.15, 0.2) is 17.0 Å². The average molecular weight is 425 g/mol. The van der Waals surface area contributed by atoms with Crippen molar-refractivity contribution in [1.29, 1.82) is 0 Å². The second kappa shape index (κ2) is 7.53. The molecule has 0 aliphatic carbocycles. The number of hydrogen-bond acceptors (Lipinski definition) is 6. The summed E-state index contributed by atoms with van der Waals surface area (Å²) < 4.78 is 8.70. The Morgan fingerprint density at radius 1 is 1.27 bits per heavy atom. The smallest absolute Gasteiger partial charge is 0.326 e. The van der Waals surface area contributed by atoms with Crippen LogP contribution in [0.2, 0.25) is 5.28 Å². The molecule has 154 valence electrons. The van der Waals surface area contributed by atoms with Gasteiger partial charge in [-0.3, -0.25) is 4.79 Å². The van der Waals surface area contributed by atoms with Gasteiger partial charge in [-0.25, -0.2) is 9.67 Å². The number of imidazole rings is 1. The van der Waals surface area contributed by atoms with Crippen molar-refractivity contribution in [3.63, 3.8) is 0 Å². The van der Waals surface area contributed by atoms with Crippen LogP contribution in [0.5, 0.6) is 0 Å². The molecule has 0 aliphatic rings. The molecular formula is C21H21ClN6O2. The zero-order chi connectivity index (χ0) is 21.5. The lowest BCUT2D eigenvalue weighted by atomic mass is 10.2. The monoisotopic (exact) mass is 424 g/mol. The highest BCUT2D eigenvalue weighted by molar-refractivity contribution is 6.28. The van der Waals surface area contributed by atoms with Gasteiger partial charge in [0.1, 0.15) is 12.1 Å². The Bertz CT molecular complexity index is 1270. The zero-order valence-corrected chi connectivity index (χ0v) is 17.7. The molecule has 3 heterocycles. The molecule has 4 aromatic rings. The first-order chi connectivity index (χ1) is 14.3. The molecule has 0 bridgehead atoms. The van der Waals surface area contributed by atoms with Gasteiger partial charge in [-0.15, -0.1) is 6.58 Å². The summed E-state index contributed by atoms with van der Waals surface area (Å²) in [5.41, 5.74) is 2.08. The van der Waals surface area contributed by atoms with E-state index in [9.17, 15) is 4.79 Å². The molecule has 4 rings (SSSR count). The van der Waals surface area contributed by atoms with Crippen LogP contribution in [0.1, 0.15) is 26.5 Å². The van der Waals surface area contributed by atoms with Crippen molar-refractivity contribution < 1.29 is 9.53 Å². The first-order valence-corrected chi connectivity index (χ1v) is 9.83. The molecule has 30 heavy (non-hydrogen) atoms. The van der Waals surface area contributed by atoms with Crippen molar-refractivity contribution in [2.75, 3.05) is 0 Å². The number of nitrogens with zero attached hydrogens (tertiary/aromatic N) is 6. The zero-order valence-electron chi connectivity index (χ0n) is 17.0. The second-order valence-corrected chi connectivity index (χ2v) is 8.15. The third-order valence-corrected chi connectivity index (χ3v) is 4.51. The predicted octanol–water partition coefficient (Wildman–Crippen LogP) is 3.89. The summed E-state index contributed by atoms with van der Waals surface area (Å²) in [6.45, 7) is 9.22. The number of hydrogen-bond donors (Lipinski definition) is 0. The maximum absolute atomic E-state index is 12.3. The quantitative estimate of drug-likeness (QED) is 0.274. The summed E-state index contributed by atoms with van der Waals surface area (Å²) in [6.07, 6.45) is 3.94. The van der Waals surface area contributed by atoms with Gasteiger partial charge in [0, 0.05) is 11.8 Å². The number of para-hydroxylation sites is 1. The van der Waals surface area contributed by atoms with Gasteiger partial charge in [0.2, 0.25) is 5.28 Å². The molecule has 0 aliphatic heterocycles. The van der Waals surface area contributed by atoms with E-state index in [1.807, 2.05) is 45.0 Å². The van der Waals surface area contributed by atoms with Gasteiger partial charge in [0.25, 0.3) is 0 Å². The topological polar surface area (TPSA) is 87.7 Å². The van der Waals surface area contributed by atoms with Crippen LogP contribution < -0.4 is 0 Å². The highest BCUT2D eigenvalue weighted by Gasteiger charge is 2.21. The number of carbonyl (C=O) groups excluding carboxylic acids is 1. The Morgan fingerprint density at radius 2 is 2.03 bits per heavy atom. The summed E-state index contributed by atoms with van der Waals surface area (Å²) in [5, 5.41) is 5.74. The van der Waals surface area contributed by atoms with Crippen LogP contribution >= 0.6 is 11.6 Å². The van der Waals surface area contributed by atoms with Crippen LogP contribution in [-0.4, -0.2) is 40.9 Å². The summed E-state index contributed by atoms with van der Waals surface area (Å²) in [7, 11) is 0. The van der Waals surface area contributed by atoms with Crippen LogP contribution in [0.15, 0.2) is 43.2 Å². The van der Waals surface area contributed by atoms with Gasteiger partial charge in [-0.1, -0.05) is 24.3 Å². The summed E-state index contributed by atoms with van der Waals surface area (Å²) >= 11 is 6.23. The van der Waals surface area contributed by atoms with Crippen molar-refractivity contribution in [2.45, 2.75) is 39.3 Å². The molecule has 0 fully saturated rings. The molecule has 0 saturated heterocycles. The maximum Gasteiger partial charge on any atom is 0.326 e. The Balaban J connectivity index is 1.84. The molecule has 9 heteroatoms. The highest BCUT2D eigenvalue weighted by atomic mass is 35.5. The van der Waals surface area contributed by atoms with Crippen molar-refractivity contribution in [1.82, 2.24) is 29.3 Å². The normalized spacial score (nSPS) is 11.9. The maximum atomic E-state index is 12.3. The SMILES string of the molecule is C=CCc1nn(-c2nc(Cl)nc3c2ncn3CC(=O)OC(C)(C)C)c2ccccc12. The summed E-state index contributed by atoms with van der Waals surface area (Å²) in [4.78, 5) is 25.4. The molecule has 0 spiro atoms. The van der Waals surface area contributed by atoms with E-state index in [0.717, 1.165) is 16.6 Å². The molecule has 8 nitrogen and oxygen atoms in total. The lowest BCUT2D eigenvalue weighted by Crippen LogP contribution is -2.26. The van der Waals surface area contributed by atoms with E-state index < -0.39 is 11.6 Å². The predicted molar refractivity (Wildman–Crippen MR) is 115 cm³/mol. The Kier molecular flexibility index (Phi) is 5.03. The van der Waals surface area contributed by atoms with Crippen molar-refractivity contribution in [3.05, 3.63) is 54.2 Å². The number of fused-ring (bicyclic) bond motifs is 2. The molecule has 0 atom stereocenters. The number of benzene rings is 1. The number of halogens is 1. The number of allylic oxidation sites excluding steroid dienone is 1. The summed E-state index contributed by atoms with van der Waals surface area (Å²) in [5.74, 6) is 0.0512. The van der Waals surface area contributed by atoms with E-state index in [1.54, 1.807) is 15.3 Å². The van der Waals surface area contributed by atoms with Gasteiger partial charge in [-0.05, 0) is 38.4 Å². The molecule has 3 aromatic heterocycles. The van der Waals surface area contributed by atoms with E-state index in [0.29, 0.717) is 23.4 Å². The lowest BCUT2D eigenvalue weighted by molar-refractivity contribution is -0.155. The first-order valence-electron chi connectivity index (χ1n) is 9.45. The number of aromatic nitrogens is 6. The molecule has 0 saturated carbocycles. The number of esters is 1. The number of carbonyl (C=O) groups is 1. The van der Waals surface area contributed by atoms with E-state index >= 15 is 0 Å². The lowest BCUT2D eigenvalue weighted by Gasteiger charge is -2.19. The molecule has 0 radical (unpaired) electrons. The van der Waals surface area contributed by atoms with Gasteiger partial charge in [0.05, 0.1) is 17.5 Å². The van der Waals surface area contributed by atoms with E-state index in [2.05, 4.69) is 21.5 Å². The fraction of sp³-hybridized carbons (Fsp3) is 0.286. The van der Waals surface area contributed by atoms with Crippen molar-refractivity contribution in [3.8, 4) is 5.82 Å². The standard InChI is InChI=1S/C21H21ClN6O2/c1-5-8-14-13-9-6-7-10-15(13)28(26-14)19-17-18(24-20(22)25-19)27(12-23-17)11-16(29)30-21(2,3)4/h5-7,9-10,12H,1,8,11H2,2-4H3. The van der Waals surface area contributed by atoms with E-state index in [1.165, 1.54) is 6.33 Å². The minimum atomic E-state index is -0.583. The van der Waals surface area contributed by atoms with Crippen molar-refractivity contribution in [2.24, 2.45) is 0 Å². The van der Waals surface area contributed by atoms with Gasteiger partial charge < -0.3 is 9.30 Å². The fourth-order valence-corrected chi connectivity index (χ4v) is 3.42. The molecule has 0 unspecified atom stereocenters. The Labute approximate surface area is 178 Å². The summed E-state index contributed by atoms with van der Waals surface area (Å²) in [6, 6.07) is 7.84.